The lowest BCUT2D eigenvalue weighted by Gasteiger charge is -2.18. The second kappa shape index (κ2) is 13.1. The summed E-state index contributed by atoms with van der Waals surface area (Å²) in [6, 6.07) is 34.0. The number of hydrogen-bond donors (Lipinski definition) is 3. The third-order valence-corrected chi connectivity index (χ3v) is 7.79. The number of nitrogens with one attached hydrogen (secondary N) is 2. The molecular formula is C34H28N2O5S. The fourth-order valence-electron chi connectivity index (χ4n) is 4.57. The summed E-state index contributed by atoms with van der Waals surface area (Å²) in [6.07, 6.45) is 0. The first-order valence-electron chi connectivity index (χ1n) is 13.3. The van der Waals surface area contributed by atoms with Crippen molar-refractivity contribution >= 4 is 51.7 Å². The van der Waals surface area contributed by atoms with Crippen molar-refractivity contribution in [2.45, 2.75) is 17.1 Å². The van der Waals surface area contributed by atoms with Crippen LogP contribution in [0.25, 0.3) is 10.8 Å². The molecule has 0 heterocycles. The number of thioether (sulfide) groups is 1. The van der Waals surface area contributed by atoms with Gasteiger partial charge in [0.1, 0.15) is 11.0 Å². The van der Waals surface area contributed by atoms with Crippen LogP contribution >= 0.6 is 11.8 Å². The maximum Gasteiger partial charge on any atom is 0.336 e. The number of benzene rings is 5. The molecule has 1 unspecified atom stereocenters. The normalized spacial score (nSPS) is 11.5. The fraction of sp³-hybridized carbons (Fsp3) is 0.0882. The highest BCUT2D eigenvalue weighted by molar-refractivity contribution is 8.00. The van der Waals surface area contributed by atoms with Gasteiger partial charge in [-0.2, -0.15) is 0 Å². The minimum atomic E-state index is -1.10. The van der Waals surface area contributed by atoms with Gasteiger partial charge in [-0.3, -0.25) is 9.59 Å². The molecule has 5 rings (SSSR count). The fourth-order valence-corrected chi connectivity index (χ4v) is 5.59. The number of ether oxygens (including phenoxy) is 1. The Labute approximate surface area is 247 Å². The average molecular weight is 577 g/mol. The van der Waals surface area contributed by atoms with Crippen LogP contribution in [0.5, 0.6) is 5.75 Å². The topological polar surface area (TPSA) is 105 Å². The van der Waals surface area contributed by atoms with E-state index < -0.39 is 17.1 Å². The van der Waals surface area contributed by atoms with Gasteiger partial charge in [0.2, 0.25) is 5.91 Å². The number of carboxylic acids is 1. The van der Waals surface area contributed by atoms with Crippen molar-refractivity contribution < 1.29 is 24.2 Å². The van der Waals surface area contributed by atoms with E-state index in [2.05, 4.69) is 10.6 Å². The smallest absolute Gasteiger partial charge is 0.336 e. The highest BCUT2D eigenvalue weighted by atomic mass is 32.2. The minimum Gasteiger partial charge on any atom is -0.494 e. The number of carbonyl (C=O) groups excluding carboxylic acids is 2. The molecule has 0 aliphatic carbocycles. The number of hydrogen-bond acceptors (Lipinski definition) is 5. The summed E-state index contributed by atoms with van der Waals surface area (Å²) in [7, 11) is 0. The summed E-state index contributed by atoms with van der Waals surface area (Å²) in [5.74, 6) is -0.939. The van der Waals surface area contributed by atoms with Crippen molar-refractivity contribution in [1.82, 2.24) is 0 Å². The Hall–Kier alpha value is -5.08. The lowest BCUT2D eigenvalue weighted by molar-refractivity contribution is -0.115. The van der Waals surface area contributed by atoms with Crippen LogP contribution in [-0.4, -0.2) is 29.5 Å². The van der Waals surface area contributed by atoms with Crippen LogP contribution in [-0.2, 0) is 4.79 Å². The van der Waals surface area contributed by atoms with E-state index in [0.717, 1.165) is 16.2 Å². The van der Waals surface area contributed by atoms with Crippen LogP contribution in [0.1, 0.15) is 38.5 Å². The van der Waals surface area contributed by atoms with E-state index in [-0.39, 0.29) is 17.0 Å². The minimum absolute atomic E-state index is 0.0699. The molecule has 5 aromatic rings. The molecule has 0 fully saturated rings. The first-order chi connectivity index (χ1) is 20.4. The Balaban J connectivity index is 1.33. The van der Waals surface area contributed by atoms with Gasteiger partial charge in [-0.1, -0.05) is 54.6 Å². The van der Waals surface area contributed by atoms with Gasteiger partial charge in [0.05, 0.1) is 12.2 Å². The molecule has 7 nitrogen and oxygen atoms in total. The van der Waals surface area contributed by atoms with Crippen molar-refractivity contribution in [1.29, 1.82) is 0 Å². The molecule has 210 valence electrons. The summed E-state index contributed by atoms with van der Waals surface area (Å²) in [5, 5.41) is 16.1. The zero-order valence-corrected chi connectivity index (χ0v) is 23.6. The molecule has 5 aromatic carbocycles. The highest BCUT2D eigenvalue weighted by Crippen LogP contribution is 2.37. The largest absolute Gasteiger partial charge is 0.494 e. The van der Waals surface area contributed by atoms with Crippen molar-refractivity contribution in [3.05, 3.63) is 132 Å². The first kappa shape index (κ1) is 28.4. The number of carbonyl (C=O) groups is 3. The number of aromatic carboxylic acids is 1. The van der Waals surface area contributed by atoms with Gasteiger partial charge < -0.3 is 20.5 Å². The summed E-state index contributed by atoms with van der Waals surface area (Å²) in [4.78, 5) is 39.3. The molecule has 0 aliphatic heterocycles. The Morgan fingerprint density at radius 3 is 2.00 bits per heavy atom. The molecule has 0 bridgehead atoms. The molecule has 0 saturated heterocycles. The maximum absolute atomic E-state index is 13.4. The quantitative estimate of drug-likeness (QED) is 0.147. The molecular weight excluding hydrogens is 548 g/mol. The second-order valence-electron chi connectivity index (χ2n) is 9.35. The second-order valence-corrected chi connectivity index (χ2v) is 10.5. The van der Waals surface area contributed by atoms with Crippen LogP contribution in [0.15, 0.2) is 120 Å². The van der Waals surface area contributed by atoms with Crippen LogP contribution in [0.2, 0.25) is 0 Å². The van der Waals surface area contributed by atoms with Gasteiger partial charge in [0.15, 0.2) is 0 Å². The Kier molecular flexibility index (Phi) is 8.84. The Bertz CT molecular complexity index is 1720. The third-order valence-electron chi connectivity index (χ3n) is 6.52. The average Bonchev–Trinajstić information content (AvgIpc) is 3.01. The number of carboxylic acid groups (broad SMARTS) is 1. The molecule has 3 N–H and O–H groups in total. The number of rotatable bonds is 10. The predicted molar refractivity (Wildman–Crippen MR) is 167 cm³/mol. The van der Waals surface area contributed by atoms with E-state index in [1.54, 1.807) is 42.5 Å². The summed E-state index contributed by atoms with van der Waals surface area (Å²) < 4.78 is 5.49. The van der Waals surface area contributed by atoms with E-state index >= 15 is 0 Å². The summed E-state index contributed by atoms with van der Waals surface area (Å²) in [6.45, 7) is 2.48. The SMILES string of the molecule is CCOc1ccc(NC(=O)C(Sc2ccc(NC(=O)c3cccc4cccc(C(=O)O)c34)cc2)c2ccccc2)cc1. The molecule has 0 saturated carbocycles. The van der Waals surface area contributed by atoms with Gasteiger partial charge in [0.25, 0.3) is 5.91 Å². The van der Waals surface area contributed by atoms with Crippen LogP contribution in [0.3, 0.4) is 0 Å². The van der Waals surface area contributed by atoms with Crippen molar-refractivity contribution in [2.24, 2.45) is 0 Å². The van der Waals surface area contributed by atoms with Crippen molar-refractivity contribution in [2.75, 3.05) is 17.2 Å². The predicted octanol–water partition coefficient (Wildman–Crippen LogP) is 7.66. The molecule has 1 atom stereocenters. The van der Waals surface area contributed by atoms with Crippen LogP contribution < -0.4 is 15.4 Å². The maximum atomic E-state index is 13.4. The number of anilines is 2. The Morgan fingerprint density at radius 1 is 0.738 bits per heavy atom. The van der Waals surface area contributed by atoms with Crippen LogP contribution in [0.4, 0.5) is 11.4 Å². The van der Waals surface area contributed by atoms with E-state index in [9.17, 15) is 19.5 Å². The number of fused-ring (bicyclic) bond motifs is 1. The van der Waals surface area contributed by atoms with Gasteiger partial charge in [-0.15, -0.1) is 11.8 Å². The standard InChI is InChI=1S/C34H28N2O5S/c1-2-41-26-18-14-24(15-19-26)36-33(38)31(23-8-4-3-5-9-23)42-27-20-16-25(17-21-27)35-32(37)28-12-6-10-22-11-7-13-29(30(22)28)34(39)40/h3-21,31H,2H2,1H3,(H,35,37)(H,36,38)(H,39,40). The molecule has 2 amide bonds. The zero-order chi connectivity index (χ0) is 29.5. The van der Waals surface area contributed by atoms with Gasteiger partial charge in [0, 0.05) is 27.2 Å². The lowest BCUT2D eigenvalue weighted by Crippen LogP contribution is -2.19. The van der Waals surface area contributed by atoms with E-state index in [1.165, 1.54) is 17.8 Å². The molecule has 0 radical (unpaired) electrons. The van der Waals surface area contributed by atoms with Gasteiger partial charge in [-0.25, -0.2) is 4.79 Å². The van der Waals surface area contributed by atoms with E-state index in [4.69, 9.17) is 4.74 Å². The van der Waals surface area contributed by atoms with Crippen LogP contribution in [0, 0.1) is 0 Å². The summed E-state index contributed by atoms with van der Waals surface area (Å²) in [5.41, 5.74) is 2.42. The zero-order valence-electron chi connectivity index (χ0n) is 22.7. The summed E-state index contributed by atoms with van der Waals surface area (Å²) >= 11 is 1.40. The molecule has 0 spiro atoms. The highest BCUT2D eigenvalue weighted by Gasteiger charge is 2.23. The third kappa shape index (κ3) is 6.62. The van der Waals surface area contributed by atoms with Gasteiger partial charge >= 0.3 is 5.97 Å². The van der Waals surface area contributed by atoms with E-state index in [0.29, 0.717) is 28.8 Å². The molecule has 0 aromatic heterocycles. The van der Waals surface area contributed by atoms with Crippen molar-refractivity contribution in [3.63, 3.8) is 0 Å². The molecule has 42 heavy (non-hydrogen) atoms. The van der Waals surface area contributed by atoms with E-state index in [1.807, 2.05) is 73.7 Å². The molecule has 0 aliphatic rings. The van der Waals surface area contributed by atoms with Gasteiger partial charge in [-0.05, 0) is 78.5 Å². The van der Waals surface area contributed by atoms with Crippen molar-refractivity contribution in [3.8, 4) is 5.75 Å². The lowest BCUT2D eigenvalue weighted by atomic mass is 9.98. The molecule has 8 heteroatoms. The Morgan fingerprint density at radius 2 is 1.36 bits per heavy atom. The first-order valence-corrected chi connectivity index (χ1v) is 14.2. The monoisotopic (exact) mass is 576 g/mol. The number of amides is 2.